The molecule has 118 valence electrons. The summed E-state index contributed by atoms with van der Waals surface area (Å²) >= 11 is 5.78. The monoisotopic (exact) mass is 327 g/mol. The van der Waals surface area contributed by atoms with Crippen molar-refractivity contribution >= 4 is 17.7 Å². The lowest BCUT2D eigenvalue weighted by Gasteiger charge is -2.05. The maximum atomic E-state index is 11.5. The average molecular weight is 328 g/mol. The van der Waals surface area contributed by atoms with Crippen LogP contribution >= 0.6 is 11.6 Å². The fourth-order valence-electron chi connectivity index (χ4n) is 1.90. The molecule has 0 aliphatic carbocycles. The molecule has 0 spiro atoms. The highest BCUT2D eigenvalue weighted by Crippen LogP contribution is 2.06. The van der Waals surface area contributed by atoms with E-state index >= 15 is 0 Å². The van der Waals surface area contributed by atoms with E-state index < -0.39 is 6.09 Å². The summed E-state index contributed by atoms with van der Waals surface area (Å²) in [5.74, 6) is 6.55. The first-order valence-corrected chi connectivity index (χ1v) is 7.89. The molecule has 3 nitrogen and oxygen atoms in total. The molecule has 1 amide bonds. The summed E-state index contributed by atoms with van der Waals surface area (Å²) in [4.78, 5) is 11.5. The second-order valence-electron chi connectivity index (χ2n) is 4.87. The minimum Gasteiger partial charge on any atom is -0.445 e. The Morgan fingerprint density at radius 1 is 1.09 bits per heavy atom. The average Bonchev–Trinajstić information content (AvgIpc) is 2.61. The van der Waals surface area contributed by atoms with Crippen LogP contribution in [0.3, 0.4) is 0 Å². The Labute approximate surface area is 141 Å². The molecule has 0 heterocycles. The van der Waals surface area contributed by atoms with E-state index in [2.05, 4.69) is 17.2 Å². The van der Waals surface area contributed by atoms with E-state index in [9.17, 15) is 4.79 Å². The standard InChI is InChI=1S/C19H18ClNO2/c20-14-18-11-6-10-16(13-18)7-4-5-12-21-19(22)23-15-17-8-2-1-3-9-17/h1-3,6,8-11,13H,5,12,14-15H2,(H,21,22). The maximum Gasteiger partial charge on any atom is 0.407 e. The van der Waals surface area contributed by atoms with Gasteiger partial charge in [-0.3, -0.25) is 0 Å². The van der Waals surface area contributed by atoms with Gasteiger partial charge in [0, 0.05) is 24.4 Å². The summed E-state index contributed by atoms with van der Waals surface area (Å²) < 4.78 is 5.11. The Kier molecular flexibility index (Phi) is 7.03. The van der Waals surface area contributed by atoms with Gasteiger partial charge in [0.15, 0.2) is 0 Å². The van der Waals surface area contributed by atoms with E-state index in [1.54, 1.807) is 0 Å². The van der Waals surface area contributed by atoms with Crippen molar-refractivity contribution in [3.63, 3.8) is 0 Å². The summed E-state index contributed by atoms with van der Waals surface area (Å²) in [6.07, 6.45) is 0.130. The summed E-state index contributed by atoms with van der Waals surface area (Å²) in [7, 11) is 0. The van der Waals surface area contributed by atoms with Crippen LogP contribution in [0.2, 0.25) is 0 Å². The van der Waals surface area contributed by atoms with Crippen molar-refractivity contribution < 1.29 is 9.53 Å². The Morgan fingerprint density at radius 2 is 1.87 bits per heavy atom. The van der Waals surface area contributed by atoms with Gasteiger partial charge in [0.1, 0.15) is 6.61 Å². The lowest BCUT2D eigenvalue weighted by Crippen LogP contribution is -2.24. The van der Waals surface area contributed by atoms with Crippen LogP contribution < -0.4 is 5.32 Å². The van der Waals surface area contributed by atoms with Gasteiger partial charge in [0.25, 0.3) is 0 Å². The van der Waals surface area contributed by atoms with E-state index in [0.29, 0.717) is 18.8 Å². The molecule has 2 aromatic carbocycles. The molecule has 0 saturated carbocycles. The molecule has 0 unspecified atom stereocenters. The Morgan fingerprint density at radius 3 is 2.65 bits per heavy atom. The van der Waals surface area contributed by atoms with Gasteiger partial charge < -0.3 is 10.1 Å². The zero-order chi connectivity index (χ0) is 16.3. The number of hydrogen-bond acceptors (Lipinski definition) is 2. The number of hydrogen-bond donors (Lipinski definition) is 1. The van der Waals surface area contributed by atoms with Crippen LogP contribution in [0.5, 0.6) is 0 Å². The number of carbonyl (C=O) groups is 1. The first-order valence-electron chi connectivity index (χ1n) is 7.36. The maximum absolute atomic E-state index is 11.5. The summed E-state index contributed by atoms with van der Waals surface area (Å²) in [5, 5.41) is 2.68. The number of rotatable bonds is 5. The molecule has 0 aliphatic heterocycles. The minimum atomic E-state index is -0.431. The van der Waals surface area contributed by atoms with E-state index in [4.69, 9.17) is 16.3 Å². The van der Waals surface area contributed by atoms with Gasteiger partial charge in [-0.05, 0) is 23.3 Å². The molecule has 0 radical (unpaired) electrons. The molecule has 1 N–H and O–H groups in total. The third kappa shape index (κ3) is 6.46. The highest BCUT2D eigenvalue weighted by Gasteiger charge is 2.00. The molecule has 0 bridgehead atoms. The van der Waals surface area contributed by atoms with Gasteiger partial charge in [-0.25, -0.2) is 4.79 Å². The molecule has 4 heteroatoms. The van der Waals surface area contributed by atoms with Crippen LogP contribution in [0.4, 0.5) is 4.79 Å². The van der Waals surface area contributed by atoms with Crippen molar-refractivity contribution in [1.82, 2.24) is 5.32 Å². The fourth-order valence-corrected chi connectivity index (χ4v) is 2.06. The summed E-state index contributed by atoms with van der Waals surface area (Å²) in [5.41, 5.74) is 2.93. The highest BCUT2D eigenvalue weighted by atomic mass is 35.5. The minimum absolute atomic E-state index is 0.267. The van der Waals surface area contributed by atoms with Gasteiger partial charge >= 0.3 is 6.09 Å². The number of amides is 1. The molecule has 0 atom stereocenters. The summed E-state index contributed by atoms with van der Waals surface area (Å²) in [6.45, 7) is 0.722. The molecule has 0 aliphatic rings. The molecule has 23 heavy (non-hydrogen) atoms. The second-order valence-corrected chi connectivity index (χ2v) is 5.14. The first kappa shape index (κ1) is 16.9. The van der Waals surface area contributed by atoms with Crippen molar-refractivity contribution in [2.75, 3.05) is 6.54 Å². The van der Waals surface area contributed by atoms with Crippen molar-refractivity contribution in [2.24, 2.45) is 0 Å². The third-order valence-electron chi connectivity index (χ3n) is 3.05. The van der Waals surface area contributed by atoms with Crippen molar-refractivity contribution in [1.29, 1.82) is 0 Å². The van der Waals surface area contributed by atoms with Crippen molar-refractivity contribution in [3.8, 4) is 11.8 Å². The number of carbonyl (C=O) groups excluding carboxylic acids is 1. The lowest BCUT2D eigenvalue weighted by atomic mass is 10.1. The normalized spacial score (nSPS) is 9.61. The fraction of sp³-hybridized carbons (Fsp3) is 0.211. The van der Waals surface area contributed by atoms with Crippen LogP contribution in [0, 0.1) is 11.8 Å². The molecule has 0 aromatic heterocycles. The molecule has 0 saturated heterocycles. The quantitative estimate of drug-likeness (QED) is 0.510. The van der Waals surface area contributed by atoms with E-state index in [-0.39, 0.29) is 6.61 Å². The van der Waals surface area contributed by atoms with Crippen LogP contribution in [0.25, 0.3) is 0 Å². The molecule has 2 rings (SSSR count). The Bertz CT molecular complexity index is 689. The van der Waals surface area contributed by atoms with Crippen LogP contribution in [0.15, 0.2) is 54.6 Å². The largest absolute Gasteiger partial charge is 0.445 e. The Hall–Kier alpha value is -2.44. The second kappa shape index (κ2) is 9.55. The SMILES string of the molecule is O=C(NCCC#Cc1cccc(CCl)c1)OCc1ccccc1. The molecular formula is C19H18ClNO2. The predicted octanol–water partition coefficient (Wildman–Crippen LogP) is 4.09. The summed E-state index contributed by atoms with van der Waals surface area (Å²) in [6, 6.07) is 17.3. The number of alkyl carbamates (subject to hydrolysis) is 1. The predicted molar refractivity (Wildman–Crippen MR) is 92.1 cm³/mol. The van der Waals surface area contributed by atoms with E-state index in [0.717, 1.165) is 16.7 Å². The number of alkyl halides is 1. The number of ether oxygens (including phenoxy) is 1. The smallest absolute Gasteiger partial charge is 0.407 e. The van der Waals surface area contributed by atoms with Crippen LogP contribution in [0.1, 0.15) is 23.1 Å². The third-order valence-corrected chi connectivity index (χ3v) is 3.35. The topological polar surface area (TPSA) is 38.3 Å². The van der Waals surface area contributed by atoms with Gasteiger partial charge in [0.2, 0.25) is 0 Å². The number of nitrogens with one attached hydrogen (secondary N) is 1. The molecule has 0 fully saturated rings. The van der Waals surface area contributed by atoms with Crippen molar-refractivity contribution in [2.45, 2.75) is 18.9 Å². The van der Waals surface area contributed by atoms with Gasteiger partial charge in [-0.1, -0.05) is 54.3 Å². The van der Waals surface area contributed by atoms with Gasteiger partial charge in [-0.15, -0.1) is 11.6 Å². The van der Waals surface area contributed by atoms with Gasteiger partial charge in [-0.2, -0.15) is 0 Å². The van der Waals surface area contributed by atoms with E-state index in [1.165, 1.54) is 0 Å². The van der Waals surface area contributed by atoms with E-state index in [1.807, 2.05) is 54.6 Å². The number of benzene rings is 2. The van der Waals surface area contributed by atoms with Crippen LogP contribution in [-0.2, 0) is 17.2 Å². The number of halogens is 1. The zero-order valence-electron chi connectivity index (χ0n) is 12.7. The Balaban J connectivity index is 1.67. The van der Waals surface area contributed by atoms with Crippen molar-refractivity contribution in [3.05, 3.63) is 71.3 Å². The first-order chi connectivity index (χ1) is 11.3. The molecule has 2 aromatic rings. The van der Waals surface area contributed by atoms with Crippen LogP contribution in [-0.4, -0.2) is 12.6 Å². The molecular weight excluding hydrogens is 310 g/mol. The highest BCUT2D eigenvalue weighted by molar-refractivity contribution is 6.17. The van der Waals surface area contributed by atoms with Gasteiger partial charge in [0.05, 0.1) is 0 Å². The zero-order valence-corrected chi connectivity index (χ0v) is 13.5. The lowest BCUT2D eigenvalue weighted by molar-refractivity contribution is 0.140.